The maximum Gasteiger partial charge on any atom is 0.305 e. The summed E-state index contributed by atoms with van der Waals surface area (Å²) in [6, 6.07) is 5.73. The van der Waals surface area contributed by atoms with Crippen molar-refractivity contribution >= 4 is 40.7 Å². The van der Waals surface area contributed by atoms with Gasteiger partial charge in [0, 0.05) is 19.2 Å². The van der Waals surface area contributed by atoms with Gasteiger partial charge in [-0.2, -0.15) is 5.10 Å². The van der Waals surface area contributed by atoms with Gasteiger partial charge in [-0.25, -0.2) is 0 Å². The van der Waals surface area contributed by atoms with Crippen molar-refractivity contribution in [2.45, 2.75) is 11.7 Å². The molecule has 0 aliphatic carbocycles. The quantitative estimate of drug-likeness (QED) is 0.491. The molecule has 0 bridgehead atoms. The molecule has 1 aromatic carbocycles. The summed E-state index contributed by atoms with van der Waals surface area (Å²) in [7, 11) is 1.50. The highest BCUT2D eigenvalue weighted by atomic mass is 32.2. The van der Waals surface area contributed by atoms with E-state index in [9.17, 15) is 19.7 Å². The van der Waals surface area contributed by atoms with E-state index in [4.69, 9.17) is 5.11 Å². The van der Waals surface area contributed by atoms with Gasteiger partial charge >= 0.3 is 5.97 Å². The Labute approximate surface area is 134 Å². The Morgan fingerprint density at radius 2 is 2.13 bits per heavy atom. The normalized spacial score (nSPS) is 19.7. The molecule has 9 nitrogen and oxygen atoms in total. The zero-order chi connectivity index (χ0) is 17.0. The highest BCUT2D eigenvalue weighted by Crippen LogP contribution is 2.28. The zero-order valence-electron chi connectivity index (χ0n) is 11.9. The van der Waals surface area contributed by atoms with Crippen LogP contribution in [0.4, 0.5) is 5.69 Å². The van der Waals surface area contributed by atoms with Gasteiger partial charge in [-0.15, -0.1) is 5.10 Å². The highest BCUT2D eigenvalue weighted by molar-refractivity contribution is 8.15. The number of non-ortho nitro benzene ring substituents is 1. The van der Waals surface area contributed by atoms with E-state index in [1.54, 1.807) is 0 Å². The molecule has 23 heavy (non-hydrogen) atoms. The Morgan fingerprint density at radius 1 is 1.48 bits per heavy atom. The second kappa shape index (κ2) is 7.01. The van der Waals surface area contributed by atoms with Crippen LogP contribution in [0, 0.1) is 10.1 Å². The molecule has 0 spiro atoms. The molecule has 1 saturated heterocycles. The zero-order valence-corrected chi connectivity index (χ0v) is 12.8. The van der Waals surface area contributed by atoms with Crippen LogP contribution in [0.15, 0.2) is 34.5 Å². The van der Waals surface area contributed by atoms with Gasteiger partial charge in [-0.05, 0) is 17.7 Å². The summed E-state index contributed by atoms with van der Waals surface area (Å²) >= 11 is 1.04. The number of aliphatic carboxylic acids is 1. The van der Waals surface area contributed by atoms with Crippen LogP contribution in [0.5, 0.6) is 0 Å². The number of hydrogen-bond acceptors (Lipinski definition) is 7. The van der Waals surface area contributed by atoms with Crippen LogP contribution in [-0.2, 0) is 9.59 Å². The van der Waals surface area contributed by atoms with Gasteiger partial charge in [0.15, 0.2) is 5.17 Å². The van der Waals surface area contributed by atoms with Gasteiger partial charge < -0.3 is 5.11 Å². The van der Waals surface area contributed by atoms with E-state index in [1.807, 2.05) is 0 Å². The SMILES string of the molecule is CN1C(=O)C(CC(=O)O)S/C1=N\N=C\c1ccc([N+](=O)[O-])cc1. The lowest BCUT2D eigenvalue weighted by Gasteiger charge is -2.06. The Bertz CT molecular complexity index is 701. The van der Waals surface area contributed by atoms with E-state index < -0.39 is 16.1 Å². The first-order chi connectivity index (χ1) is 10.9. The van der Waals surface area contributed by atoms with Crippen LogP contribution in [0.3, 0.4) is 0 Å². The number of nitro benzene ring substituents is 1. The van der Waals surface area contributed by atoms with E-state index in [0.29, 0.717) is 10.7 Å². The second-order valence-electron chi connectivity index (χ2n) is 4.58. The van der Waals surface area contributed by atoms with Crippen molar-refractivity contribution in [3.8, 4) is 0 Å². The van der Waals surface area contributed by atoms with Crippen molar-refractivity contribution in [1.29, 1.82) is 0 Å². The number of hydrogen-bond donors (Lipinski definition) is 1. The minimum Gasteiger partial charge on any atom is -0.481 e. The summed E-state index contributed by atoms with van der Waals surface area (Å²) in [6.07, 6.45) is 1.11. The fraction of sp³-hybridized carbons (Fsp3) is 0.231. The van der Waals surface area contributed by atoms with E-state index in [-0.39, 0.29) is 18.0 Å². The molecule has 1 heterocycles. The Morgan fingerprint density at radius 3 is 2.70 bits per heavy atom. The van der Waals surface area contributed by atoms with Crippen molar-refractivity contribution in [2.24, 2.45) is 10.2 Å². The number of amides is 1. The third-order valence-electron chi connectivity index (χ3n) is 2.95. The number of benzene rings is 1. The smallest absolute Gasteiger partial charge is 0.305 e. The lowest BCUT2D eigenvalue weighted by Crippen LogP contribution is -2.28. The number of carboxylic acids is 1. The summed E-state index contributed by atoms with van der Waals surface area (Å²) < 4.78 is 0. The van der Waals surface area contributed by atoms with Gasteiger partial charge in [0.2, 0.25) is 5.91 Å². The van der Waals surface area contributed by atoms with Gasteiger partial charge in [0.05, 0.1) is 17.6 Å². The fourth-order valence-corrected chi connectivity index (χ4v) is 2.85. The first-order valence-corrected chi connectivity index (χ1v) is 7.28. The molecule has 120 valence electrons. The molecule has 1 aliphatic heterocycles. The average Bonchev–Trinajstić information content (AvgIpc) is 2.75. The van der Waals surface area contributed by atoms with E-state index in [0.717, 1.165) is 11.8 Å². The number of carbonyl (C=O) groups is 2. The fourth-order valence-electron chi connectivity index (χ4n) is 1.77. The lowest BCUT2D eigenvalue weighted by atomic mass is 10.2. The van der Waals surface area contributed by atoms with Gasteiger partial charge in [-0.3, -0.25) is 24.6 Å². The molecule has 1 aromatic rings. The number of rotatable bonds is 5. The third-order valence-corrected chi connectivity index (χ3v) is 4.17. The van der Waals surface area contributed by atoms with Gasteiger partial charge in [0.25, 0.3) is 5.69 Å². The standard InChI is InChI=1S/C13H12N4O5S/c1-16-12(20)10(6-11(18)19)23-13(16)15-14-7-8-2-4-9(5-3-8)17(21)22/h2-5,7,10H,6H2,1H3,(H,18,19)/b14-7+,15-13-. The molecule has 1 atom stereocenters. The summed E-state index contributed by atoms with van der Waals surface area (Å²) in [5, 5.41) is 26.6. The first kappa shape index (κ1) is 16.6. The van der Waals surface area contributed by atoms with Crippen LogP contribution in [-0.4, -0.2) is 50.5 Å². The number of thioether (sulfide) groups is 1. The summed E-state index contributed by atoms with van der Waals surface area (Å²) in [4.78, 5) is 33.8. The molecule has 0 aromatic heterocycles. The molecule has 2 rings (SSSR count). The van der Waals surface area contributed by atoms with Gasteiger partial charge in [-0.1, -0.05) is 11.8 Å². The van der Waals surface area contributed by atoms with Crippen molar-refractivity contribution < 1.29 is 19.6 Å². The number of nitrogens with zero attached hydrogens (tertiary/aromatic N) is 4. The minimum absolute atomic E-state index is 0.0262. The number of nitro groups is 1. The molecule has 10 heteroatoms. The summed E-state index contributed by atoms with van der Waals surface area (Å²) in [6.45, 7) is 0. The van der Waals surface area contributed by atoms with Crippen molar-refractivity contribution in [2.75, 3.05) is 7.05 Å². The number of amidine groups is 1. The topological polar surface area (TPSA) is 125 Å². The Hall–Kier alpha value is -2.75. The highest BCUT2D eigenvalue weighted by Gasteiger charge is 2.37. The molecular weight excluding hydrogens is 324 g/mol. The third kappa shape index (κ3) is 4.13. The maximum atomic E-state index is 11.8. The molecule has 1 fully saturated rings. The minimum atomic E-state index is -1.06. The number of carboxylic acid groups (broad SMARTS) is 1. The lowest BCUT2D eigenvalue weighted by molar-refractivity contribution is -0.384. The molecule has 0 saturated carbocycles. The van der Waals surface area contributed by atoms with Crippen molar-refractivity contribution in [3.63, 3.8) is 0 Å². The largest absolute Gasteiger partial charge is 0.481 e. The van der Waals surface area contributed by atoms with E-state index in [2.05, 4.69) is 10.2 Å². The Kier molecular flexibility index (Phi) is 5.06. The van der Waals surface area contributed by atoms with Crippen molar-refractivity contribution in [3.05, 3.63) is 39.9 Å². The van der Waals surface area contributed by atoms with Crippen LogP contribution >= 0.6 is 11.8 Å². The molecule has 1 unspecified atom stereocenters. The molecular formula is C13H12N4O5S. The number of carbonyl (C=O) groups excluding carboxylic acids is 1. The maximum absolute atomic E-state index is 11.8. The average molecular weight is 336 g/mol. The van der Waals surface area contributed by atoms with Crippen LogP contribution in [0.25, 0.3) is 0 Å². The molecule has 1 aliphatic rings. The first-order valence-electron chi connectivity index (χ1n) is 6.40. The van der Waals surface area contributed by atoms with Crippen LogP contribution in [0.2, 0.25) is 0 Å². The second-order valence-corrected chi connectivity index (χ2v) is 5.75. The van der Waals surface area contributed by atoms with Crippen LogP contribution in [0.1, 0.15) is 12.0 Å². The van der Waals surface area contributed by atoms with Gasteiger partial charge in [0.1, 0.15) is 5.25 Å². The van der Waals surface area contributed by atoms with Crippen molar-refractivity contribution in [1.82, 2.24) is 4.90 Å². The summed E-state index contributed by atoms with van der Waals surface area (Å²) in [5.41, 5.74) is 0.584. The summed E-state index contributed by atoms with van der Waals surface area (Å²) in [5.74, 6) is -1.39. The molecule has 1 amide bonds. The molecule has 1 N–H and O–H groups in total. The molecule has 0 radical (unpaired) electrons. The van der Waals surface area contributed by atoms with E-state index in [1.165, 1.54) is 42.4 Å². The monoisotopic (exact) mass is 336 g/mol. The predicted octanol–water partition coefficient (Wildman–Crippen LogP) is 1.33. The van der Waals surface area contributed by atoms with Crippen LogP contribution < -0.4 is 0 Å². The Balaban J connectivity index is 2.05. The van der Waals surface area contributed by atoms with E-state index >= 15 is 0 Å². The predicted molar refractivity (Wildman–Crippen MR) is 84.5 cm³/mol.